The zero-order chi connectivity index (χ0) is 15.3. The van der Waals surface area contributed by atoms with Crippen molar-refractivity contribution in [3.63, 3.8) is 0 Å². The van der Waals surface area contributed by atoms with E-state index in [0.29, 0.717) is 27.8 Å². The number of aromatic amines is 1. The van der Waals surface area contributed by atoms with Gasteiger partial charge in [-0.25, -0.2) is 4.98 Å². The molecule has 4 rings (SSSR count). The van der Waals surface area contributed by atoms with Gasteiger partial charge in [-0.2, -0.15) is 0 Å². The maximum Gasteiger partial charge on any atom is 0.196 e. The maximum absolute atomic E-state index is 12.8. The first-order chi connectivity index (χ1) is 10.7. The standard InChI is InChI=1S/C17H12N2O2S/c1-2-22-17-18-12-8-7-11-13(14(12)19-17)16(21)10-6-4-3-5-9(10)15(11)20/h3-8H,2H2,1H3,(H,18,19). The van der Waals surface area contributed by atoms with Gasteiger partial charge in [0, 0.05) is 16.7 Å². The molecule has 0 amide bonds. The van der Waals surface area contributed by atoms with E-state index >= 15 is 0 Å². The van der Waals surface area contributed by atoms with Crippen LogP contribution in [0.5, 0.6) is 0 Å². The van der Waals surface area contributed by atoms with E-state index in [1.165, 1.54) is 0 Å². The Hall–Kier alpha value is -2.40. The third kappa shape index (κ3) is 1.75. The van der Waals surface area contributed by atoms with E-state index in [4.69, 9.17) is 0 Å². The van der Waals surface area contributed by atoms with Gasteiger partial charge < -0.3 is 4.98 Å². The normalized spacial score (nSPS) is 13.3. The van der Waals surface area contributed by atoms with Crippen LogP contribution in [0.2, 0.25) is 0 Å². The van der Waals surface area contributed by atoms with Gasteiger partial charge in [0.05, 0.1) is 16.6 Å². The monoisotopic (exact) mass is 308 g/mol. The second kappa shape index (κ2) is 4.81. The number of hydrogen-bond donors (Lipinski definition) is 1. The average molecular weight is 308 g/mol. The number of nitrogens with zero attached hydrogens (tertiary/aromatic N) is 1. The number of carbonyl (C=O) groups is 2. The summed E-state index contributed by atoms with van der Waals surface area (Å²) < 4.78 is 0. The maximum atomic E-state index is 12.8. The van der Waals surface area contributed by atoms with Crippen molar-refractivity contribution in [1.29, 1.82) is 0 Å². The highest BCUT2D eigenvalue weighted by molar-refractivity contribution is 7.99. The molecule has 3 aromatic rings. The highest BCUT2D eigenvalue weighted by atomic mass is 32.2. The van der Waals surface area contributed by atoms with E-state index in [-0.39, 0.29) is 11.6 Å². The molecule has 0 saturated carbocycles. The number of benzene rings is 2. The Morgan fingerprint density at radius 2 is 1.73 bits per heavy atom. The van der Waals surface area contributed by atoms with Crippen molar-refractivity contribution >= 4 is 34.4 Å². The van der Waals surface area contributed by atoms with Crippen LogP contribution < -0.4 is 0 Å². The topological polar surface area (TPSA) is 62.8 Å². The average Bonchev–Trinajstić information content (AvgIpc) is 2.95. The van der Waals surface area contributed by atoms with Crippen LogP contribution in [-0.4, -0.2) is 27.3 Å². The number of H-pyrrole nitrogens is 1. The number of ketones is 2. The summed E-state index contributed by atoms with van der Waals surface area (Å²) in [5, 5.41) is 0.769. The molecule has 5 heteroatoms. The summed E-state index contributed by atoms with van der Waals surface area (Å²) in [5.41, 5.74) is 3.20. The summed E-state index contributed by atoms with van der Waals surface area (Å²) in [6, 6.07) is 10.5. The van der Waals surface area contributed by atoms with E-state index in [9.17, 15) is 9.59 Å². The lowest BCUT2D eigenvalue weighted by molar-refractivity contribution is 0.0980. The Labute approximate surface area is 130 Å². The minimum Gasteiger partial charge on any atom is -0.332 e. The van der Waals surface area contributed by atoms with E-state index < -0.39 is 0 Å². The molecule has 1 N–H and O–H groups in total. The number of aromatic nitrogens is 2. The van der Waals surface area contributed by atoms with Crippen molar-refractivity contribution in [2.24, 2.45) is 0 Å². The molecule has 0 spiro atoms. The summed E-state index contributed by atoms with van der Waals surface area (Å²) in [4.78, 5) is 33.1. The van der Waals surface area contributed by atoms with Gasteiger partial charge in [0.15, 0.2) is 16.7 Å². The molecule has 1 aliphatic rings. The van der Waals surface area contributed by atoms with Crippen LogP contribution in [-0.2, 0) is 0 Å². The largest absolute Gasteiger partial charge is 0.332 e. The molecule has 0 atom stereocenters. The van der Waals surface area contributed by atoms with Gasteiger partial charge >= 0.3 is 0 Å². The van der Waals surface area contributed by atoms with E-state index in [1.54, 1.807) is 48.2 Å². The smallest absolute Gasteiger partial charge is 0.196 e. The number of carbonyl (C=O) groups excluding carboxylic acids is 2. The Balaban J connectivity index is 2.01. The predicted molar refractivity (Wildman–Crippen MR) is 85.8 cm³/mol. The van der Waals surface area contributed by atoms with Gasteiger partial charge in [-0.3, -0.25) is 9.59 Å². The molecule has 0 aliphatic heterocycles. The first kappa shape index (κ1) is 13.3. The van der Waals surface area contributed by atoms with E-state index in [1.807, 2.05) is 6.92 Å². The van der Waals surface area contributed by atoms with Crippen LogP contribution in [0.1, 0.15) is 38.8 Å². The summed E-state index contributed by atoms with van der Waals surface area (Å²) in [6.07, 6.45) is 0. The molecule has 0 fully saturated rings. The molecule has 0 radical (unpaired) electrons. The van der Waals surface area contributed by atoms with Gasteiger partial charge in [-0.1, -0.05) is 43.0 Å². The summed E-state index contributed by atoms with van der Waals surface area (Å²) in [5.74, 6) is 0.663. The van der Waals surface area contributed by atoms with E-state index in [2.05, 4.69) is 9.97 Å². The fourth-order valence-electron chi connectivity index (χ4n) is 2.84. The quantitative estimate of drug-likeness (QED) is 0.576. The summed E-state index contributed by atoms with van der Waals surface area (Å²) in [7, 11) is 0. The molecule has 4 nitrogen and oxygen atoms in total. The zero-order valence-corrected chi connectivity index (χ0v) is 12.7. The SMILES string of the molecule is CCSc1nc2ccc3c(c2[nH]1)C(=O)c1ccccc1C3=O. The van der Waals surface area contributed by atoms with Crippen LogP contribution in [0.3, 0.4) is 0 Å². The fraction of sp³-hybridized carbons (Fsp3) is 0.118. The van der Waals surface area contributed by atoms with Crippen LogP contribution in [0.15, 0.2) is 41.6 Å². The third-order valence-corrected chi connectivity index (χ3v) is 4.56. The second-order valence-corrected chi connectivity index (χ2v) is 6.31. The van der Waals surface area contributed by atoms with Crippen LogP contribution in [0.25, 0.3) is 11.0 Å². The molecule has 0 bridgehead atoms. The molecule has 2 aromatic carbocycles. The predicted octanol–water partition coefficient (Wildman–Crippen LogP) is 3.45. The molecule has 1 heterocycles. The van der Waals surface area contributed by atoms with Gasteiger partial charge in [0.25, 0.3) is 0 Å². The molecular formula is C17H12N2O2S. The Bertz CT molecular complexity index is 943. The van der Waals surface area contributed by atoms with Gasteiger partial charge in [0.1, 0.15) is 0 Å². The number of hydrogen-bond acceptors (Lipinski definition) is 4. The molecule has 22 heavy (non-hydrogen) atoms. The number of nitrogens with one attached hydrogen (secondary N) is 1. The first-order valence-corrected chi connectivity index (χ1v) is 8.03. The lowest BCUT2D eigenvalue weighted by atomic mass is 9.83. The van der Waals surface area contributed by atoms with Crippen LogP contribution in [0.4, 0.5) is 0 Å². The fourth-order valence-corrected chi connectivity index (χ4v) is 3.46. The first-order valence-electron chi connectivity index (χ1n) is 7.04. The van der Waals surface area contributed by atoms with Crippen molar-refractivity contribution in [2.75, 3.05) is 5.75 Å². The van der Waals surface area contributed by atoms with Crippen LogP contribution in [0, 0.1) is 0 Å². The second-order valence-electron chi connectivity index (χ2n) is 5.06. The number of fused-ring (bicyclic) bond motifs is 4. The van der Waals surface area contributed by atoms with Crippen molar-refractivity contribution in [2.45, 2.75) is 12.1 Å². The highest BCUT2D eigenvalue weighted by Crippen LogP contribution is 2.32. The molecule has 0 unspecified atom stereocenters. The lowest BCUT2D eigenvalue weighted by Gasteiger charge is -2.17. The molecule has 1 aliphatic carbocycles. The lowest BCUT2D eigenvalue weighted by Crippen LogP contribution is -2.21. The van der Waals surface area contributed by atoms with Gasteiger partial charge in [-0.05, 0) is 17.9 Å². The number of thioether (sulfide) groups is 1. The zero-order valence-electron chi connectivity index (χ0n) is 11.8. The number of rotatable bonds is 2. The van der Waals surface area contributed by atoms with Gasteiger partial charge in [0.2, 0.25) is 0 Å². The Morgan fingerprint density at radius 3 is 2.45 bits per heavy atom. The van der Waals surface area contributed by atoms with Crippen molar-refractivity contribution in [3.05, 3.63) is 58.7 Å². The molecule has 108 valence electrons. The minimum absolute atomic E-state index is 0.105. The number of imidazole rings is 1. The molecule has 0 saturated heterocycles. The third-order valence-electron chi connectivity index (χ3n) is 3.81. The Morgan fingerprint density at radius 1 is 1.00 bits per heavy atom. The van der Waals surface area contributed by atoms with Crippen LogP contribution >= 0.6 is 11.8 Å². The molecule has 1 aromatic heterocycles. The van der Waals surface area contributed by atoms with Crippen molar-refractivity contribution in [1.82, 2.24) is 9.97 Å². The van der Waals surface area contributed by atoms with Crippen molar-refractivity contribution < 1.29 is 9.59 Å². The molecular weight excluding hydrogens is 296 g/mol. The highest BCUT2D eigenvalue weighted by Gasteiger charge is 2.31. The van der Waals surface area contributed by atoms with Crippen molar-refractivity contribution in [3.8, 4) is 0 Å². The summed E-state index contributed by atoms with van der Waals surface area (Å²) >= 11 is 1.58. The summed E-state index contributed by atoms with van der Waals surface area (Å²) in [6.45, 7) is 2.04. The van der Waals surface area contributed by atoms with E-state index in [0.717, 1.165) is 16.4 Å². The minimum atomic E-state index is -0.118. The van der Waals surface area contributed by atoms with Gasteiger partial charge in [-0.15, -0.1) is 0 Å². The Kier molecular flexibility index (Phi) is 2.90.